The molecule has 0 radical (unpaired) electrons. The molecule has 1 aliphatic heterocycles. The Hall–Kier alpha value is -2.14. The lowest BCUT2D eigenvalue weighted by atomic mass is 10.0. The van der Waals surface area contributed by atoms with Crippen LogP contribution in [0.15, 0.2) is 30.5 Å². The van der Waals surface area contributed by atoms with Crippen molar-refractivity contribution in [2.24, 2.45) is 0 Å². The van der Waals surface area contributed by atoms with E-state index in [1.807, 2.05) is 35.9 Å². The van der Waals surface area contributed by atoms with Crippen LogP contribution in [0.4, 0.5) is 5.69 Å². The Bertz CT molecular complexity index is 734. The number of amides is 1. The van der Waals surface area contributed by atoms with Crippen molar-refractivity contribution in [1.29, 1.82) is 0 Å². The predicted octanol–water partition coefficient (Wildman–Crippen LogP) is 3.29. The minimum Gasteiger partial charge on any atom is -0.396 e. The molecule has 1 aliphatic rings. The monoisotopic (exact) mass is 327 g/mol. The van der Waals surface area contributed by atoms with Crippen molar-refractivity contribution in [2.45, 2.75) is 45.6 Å². The van der Waals surface area contributed by atoms with Gasteiger partial charge in [0.2, 0.25) is 0 Å². The van der Waals surface area contributed by atoms with E-state index in [2.05, 4.69) is 18.9 Å². The lowest BCUT2D eigenvalue weighted by Gasteiger charge is -2.19. The predicted molar refractivity (Wildman–Crippen MR) is 94.5 cm³/mol. The van der Waals surface area contributed by atoms with Crippen LogP contribution in [0.5, 0.6) is 0 Å². The molecule has 1 N–H and O–H groups in total. The topological polar surface area (TPSA) is 58.4 Å². The Balaban J connectivity index is 1.94. The molecule has 0 bridgehead atoms. The Kier molecular flexibility index (Phi) is 4.71. The van der Waals surface area contributed by atoms with Gasteiger partial charge in [-0.1, -0.05) is 32.0 Å². The number of benzene rings is 1. The number of nitrogens with zero attached hydrogens (tertiary/aromatic N) is 3. The molecule has 2 aromatic rings. The normalized spacial score (nSPS) is 16.7. The van der Waals surface area contributed by atoms with Gasteiger partial charge in [0.05, 0.1) is 24.4 Å². The molecule has 1 aromatic heterocycles. The molecular formula is C19H25N3O2. The van der Waals surface area contributed by atoms with E-state index in [4.69, 9.17) is 0 Å². The maximum atomic E-state index is 13.1. The van der Waals surface area contributed by atoms with Crippen molar-refractivity contribution in [3.8, 4) is 0 Å². The van der Waals surface area contributed by atoms with E-state index in [0.29, 0.717) is 18.2 Å². The minimum atomic E-state index is -0.0342. The highest BCUT2D eigenvalue weighted by molar-refractivity contribution is 6.08. The highest BCUT2D eigenvalue weighted by Crippen LogP contribution is 2.37. The van der Waals surface area contributed by atoms with Gasteiger partial charge in [0.25, 0.3) is 5.91 Å². The Labute approximate surface area is 142 Å². The molecule has 1 amide bonds. The van der Waals surface area contributed by atoms with Gasteiger partial charge in [0.15, 0.2) is 0 Å². The summed E-state index contributed by atoms with van der Waals surface area (Å²) in [5.41, 5.74) is 3.50. The Morgan fingerprint density at radius 2 is 2.04 bits per heavy atom. The molecule has 0 saturated carbocycles. The molecule has 0 aliphatic carbocycles. The van der Waals surface area contributed by atoms with Crippen LogP contribution in [0.3, 0.4) is 0 Å². The lowest BCUT2D eigenvalue weighted by molar-refractivity contribution is 0.0986. The van der Waals surface area contributed by atoms with E-state index >= 15 is 0 Å². The number of anilines is 1. The summed E-state index contributed by atoms with van der Waals surface area (Å²) in [7, 11) is 0. The van der Waals surface area contributed by atoms with Gasteiger partial charge in [-0.25, -0.2) is 0 Å². The number of carbonyl (C=O) groups is 1. The molecule has 1 aromatic carbocycles. The third kappa shape index (κ3) is 2.63. The first-order valence-electron chi connectivity index (χ1n) is 8.68. The fourth-order valence-electron chi connectivity index (χ4n) is 3.63. The summed E-state index contributed by atoms with van der Waals surface area (Å²) in [4.78, 5) is 14.9. The Morgan fingerprint density at radius 3 is 2.71 bits per heavy atom. The largest absolute Gasteiger partial charge is 0.396 e. The fraction of sp³-hybridized carbons (Fsp3) is 0.474. The number of aromatic nitrogens is 2. The zero-order valence-corrected chi connectivity index (χ0v) is 14.6. The molecule has 0 spiro atoms. The van der Waals surface area contributed by atoms with Gasteiger partial charge in [0, 0.05) is 23.8 Å². The van der Waals surface area contributed by atoms with E-state index in [9.17, 15) is 9.90 Å². The average Bonchev–Trinajstić information content (AvgIpc) is 3.17. The van der Waals surface area contributed by atoms with Gasteiger partial charge in [-0.15, -0.1) is 0 Å². The summed E-state index contributed by atoms with van der Waals surface area (Å²) in [6, 6.07) is 8.14. The first-order chi connectivity index (χ1) is 11.6. The van der Waals surface area contributed by atoms with E-state index in [1.165, 1.54) is 0 Å². The average molecular weight is 327 g/mol. The standard InChI is InChI=1S/C19H25N3O2/c1-4-15(5-2)22-13(3)17(10-20-22)19(24)21-11-14(12-23)16-8-6-7-9-18(16)21/h6-10,14-15,23H,4-5,11-12H2,1-3H3/t14-/m1/s1. The van der Waals surface area contributed by atoms with Gasteiger partial charge in [-0.05, 0) is 31.4 Å². The summed E-state index contributed by atoms with van der Waals surface area (Å²) >= 11 is 0. The smallest absolute Gasteiger partial charge is 0.261 e. The van der Waals surface area contributed by atoms with Crippen LogP contribution in [-0.2, 0) is 0 Å². The van der Waals surface area contributed by atoms with Crippen LogP contribution in [0.2, 0.25) is 0 Å². The maximum absolute atomic E-state index is 13.1. The summed E-state index contributed by atoms with van der Waals surface area (Å²) in [6.45, 7) is 6.81. The number of fused-ring (bicyclic) bond motifs is 1. The highest BCUT2D eigenvalue weighted by atomic mass is 16.3. The van der Waals surface area contributed by atoms with Crippen LogP contribution in [0, 0.1) is 6.92 Å². The van der Waals surface area contributed by atoms with Crippen molar-refractivity contribution >= 4 is 11.6 Å². The van der Waals surface area contributed by atoms with Crippen molar-refractivity contribution in [1.82, 2.24) is 9.78 Å². The zero-order chi connectivity index (χ0) is 17.3. The van der Waals surface area contributed by atoms with Gasteiger partial charge in [0.1, 0.15) is 0 Å². The number of rotatable bonds is 5. The zero-order valence-electron chi connectivity index (χ0n) is 14.6. The molecule has 0 fully saturated rings. The van der Waals surface area contributed by atoms with Crippen LogP contribution in [0.1, 0.15) is 60.3 Å². The number of para-hydroxylation sites is 1. The van der Waals surface area contributed by atoms with Gasteiger partial charge in [-0.2, -0.15) is 5.10 Å². The maximum Gasteiger partial charge on any atom is 0.261 e. The summed E-state index contributed by atoms with van der Waals surface area (Å²) < 4.78 is 1.97. The molecule has 5 heteroatoms. The number of aliphatic hydroxyl groups excluding tert-OH is 1. The summed E-state index contributed by atoms with van der Waals surface area (Å²) in [5.74, 6) is -0.0485. The quantitative estimate of drug-likeness (QED) is 0.917. The van der Waals surface area contributed by atoms with Crippen LogP contribution in [-0.4, -0.2) is 33.9 Å². The Morgan fingerprint density at radius 1 is 1.33 bits per heavy atom. The van der Waals surface area contributed by atoms with E-state index < -0.39 is 0 Å². The second-order valence-electron chi connectivity index (χ2n) is 6.41. The van der Waals surface area contributed by atoms with Crippen molar-refractivity contribution in [3.05, 3.63) is 47.3 Å². The first-order valence-corrected chi connectivity index (χ1v) is 8.68. The molecule has 0 unspecified atom stereocenters. The minimum absolute atomic E-state index is 0.0143. The van der Waals surface area contributed by atoms with Crippen molar-refractivity contribution in [3.63, 3.8) is 0 Å². The second kappa shape index (κ2) is 6.77. The van der Waals surface area contributed by atoms with Crippen LogP contribution in [0.25, 0.3) is 0 Å². The third-order valence-corrected chi connectivity index (χ3v) is 5.10. The number of hydrogen-bond donors (Lipinski definition) is 1. The molecule has 3 rings (SSSR count). The van der Waals surface area contributed by atoms with E-state index in [1.54, 1.807) is 11.1 Å². The van der Waals surface area contributed by atoms with Gasteiger partial charge < -0.3 is 10.0 Å². The van der Waals surface area contributed by atoms with E-state index in [-0.39, 0.29) is 18.4 Å². The summed E-state index contributed by atoms with van der Waals surface area (Å²) in [5, 5.41) is 14.1. The number of hydrogen-bond acceptors (Lipinski definition) is 3. The fourth-order valence-corrected chi connectivity index (χ4v) is 3.63. The number of aliphatic hydroxyl groups is 1. The second-order valence-corrected chi connectivity index (χ2v) is 6.41. The molecule has 128 valence electrons. The molecule has 0 saturated heterocycles. The summed E-state index contributed by atoms with van der Waals surface area (Å²) in [6.07, 6.45) is 3.67. The lowest BCUT2D eigenvalue weighted by Crippen LogP contribution is -2.30. The highest BCUT2D eigenvalue weighted by Gasteiger charge is 2.33. The number of carbonyl (C=O) groups excluding carboxylic acids is 1. The van der Waals surface area contributed by atoms with Crippen molar-refractivity contribution in [2.75, 3.05) is 18.1 Å². The van der Waals surface area contributed by atoms with Gasteiger partial charge >= 0.3 is 0 Å². The van der Waals surface area contributed by atoms with Gasteiger partial charge in [-0.3, -0.25) is 9.48 Å². The molecule has 24 heavy (non-hydrogen) atoms. The van der Waals surface area contributed by atoms with Crippen LogP contribution >= 0.6 is 0 Å². The molecular weight excluding hydrogens is 302 g/mol. The molecule has 1 atom stereocenters. The first kappa shape index (κ1) is 16.7. The molecule has 2 heterocycles. The van der Waals surface area contributed by atoms with Crippen LogP contribution < -0.4 is 4.90 Å². The molecule has 5 nitrogen and oxygen atoms in total. The SMILES string of the molecule is CCC(CC)n1ncc(C(=O)N2C[C@H](CO)c3ccccc32)c1C. The van der Waals surface area contributed by atoms with Crippen molar-refractivity contribution < 1.29 is 9.90 Å². The third-order valence-electron chi connectivity index (χ3n) is 5.10. The van der Waals surface area contributed by atoms with E-state index in [0.717, 1.165) is 29.8 Å².